The topological polar surface area (TPSA) is 46.9 Å². The van der Waals surface area contributed by atoms with Crippen molar-refractivity contribution in [2.45, 2.75) is 38.8 Å². The van der Waals surface area contributed by atoms with Crippen LogP contribution in [0.3, 0.4) is 0 Å². The minimum Gasteiger partial charge on any atom is -0.326 e. The number of nitrogens with one attached hydrogen (secondary N) is 1. The average Bonchev–Trinajstić information content (AvgIpc) is 3.29. The Hall–Kier alpha value is -2.95. The van der Waals surface area contributed by atoms with Crippen LogP contribution in [0.2, 0.25) is 0 Å². The minimum absolute atomic E-state index is 0.218. The predicted octanol–water partition coefficient (Wildman–Crippen LogP) is 7.74. The Kier molecular flexibility index (Phi) is 6.47. The van der Waals surface area contributed by atoms with Crippen LogP contribution in [0.1, 0.15) is 37.4 Å². The van der Waals surface area contributed by atoms with Crippen LogP contribution in [0.15, 0.2) is 72.0 Å². The Morgan fingerprint density at radius 3 is 2.54 bits per heavy atom. The number of allylic oxidation sites excluding steroid dienone is 3. The van der Waals surface area contributed by atoms with Gasteiger partial charge in [-0.1, -0.05) is 24.1 Å². The van der Waals surface area contributed by atoms with Gasteiger partial charge in [0.1, 0.15) is 5.82 Å². The molecular formula is C30H26F4IN3O. The van der Waals surface area contributed by atoms with Crippen LogP contribution < -0.4 is 5.32 Å². The van der Waals surface area contributed by atoms with Gasteiger partial charge < -0.3 is 5.32 Å². The highest BCUT2D eigenvalue weighted by atomic mass is 127. The van der Waals surface area contributed by atoms with Crippen LogP contribution in [-0.2, 0) is 11.2 Å². The summed E-state index contributed by atoms with van der Waals surface area (Å²) in [5.41, 5.74) is 4.67. The molecule has 3 aliphatic carbocycles. The van der Waals surface area contributed by atoms with Gasteiger partial charge in [0.05, 0.1) is 29.4 Å². The molecule has 0 saturated heterocycles. The van der Waals surface area contributed by atoms with Crippen molar-refractivity contribution in [3.63, 3.8) is 0 Å². The normalized spacial score (nSPS) is 26.1. The lowest BCUT2D eigenvalue weighted by molar-refractivity contribution is -0.196. The molecular weight excluding hydrogens is 621 g/mol. The second-order valence-electron chi connectivity index (χ2n) is 10.8. The third kappa shape index (κ3) is 4.62. The molecule has 1 amide bonds. The summed E-state index contributed by atoms with van der Waals surface area (Å²) in [6.07, 6.45) is 2.55. The lowest BCUT2D eigenvalue weighted by atomic mass is 9.54. The van der Waals surface area contributed by atoms with Crippen LogP contribution in [0, 0.1) is 32.6 Å². The standard InChI is InChI=1S/C30H26F4IN3O/c1-29-15-17-16-36-38(22-9-3-19(31)4-10-22)26(17)14-18(29)2-11-23-24(29)12-13-25(30(32,33)34)27(23)28(39)37-21-7-5-20(35)6-8-21/h3-10,12,14,16,23,25,27H,2,11,13,15H2,1H3,(H,37,39)/t23-,25+,27+,29-/m0/s1. The summed E-state index contributed by atoms with van der Waals surface area (Å²) < 4.78 is 59.0. The maximum atomic E-state index is 14.3. The first-order valence-electron chi connectivity index (χ1n) is 12.9. The van der Waals surface area contributed by atoms with Gasteiger partial charge >= 0.3 is 6.18 Å². The molecule has 0 aliphatic heterocycles. The summed E-state index contributed by atoms with van der Waals surface area (Å²) in [6.45, 7) is 2.08. The number of anilines is 1. The van der Waals surface area contributed by atoms with Crippen molar-refractivity contribution in [3.05, 3.63) is 92.6 Å². The van der Waals surface area contributed by atoms with E-state index in [0.717, 1.165) is 31.7 Å². The zero-order valence-electron chi connectivity index (χ0n) is 21.1. The van der Waals surface area contributed by atoms with Gasteiger partial charge in [-0.25, -0.2) is 9.07 Å². The monoisotopic (exact) mass is 647 g/mol. The SMILES string of the molecule is C[C@]12Cc3cnn(-c4ccc(F)cc4)c3C=C1CC[C@H]1C2=CC[C@@H](C(F)(F)F)[C@@H]1C(=O)Nc1ccc(I)cc1. The molecule has 1 N–H and O–H groups in total. The number of hydrogen-bond acceptors (Lipinski definition) is 2. The molecule has 1 fully saturated rings. The van der Waals surface area contributed by atoms with Crippen molar-refractivity contribution in [3.8, 4) is 5.69 Å². The van der Waals surface area contributed by atoms with Gasteiger partial charge in [0.2, 0.25) is 5.91 Å². The molecule has 0 spiro atoms. The first-order chi connectivity index (χ1) is 18.5. The number of rotatable bonds is 3. The van der Waals surface area contributed by atoms with Crippen LogP contribution in [-0.4, -0.2) is 21.9 Å². The highest BCUT2D eigenvalue weighted by Crippen LogP contribution is 2.59. The van der Waals surface area contributed by atoms with Crippen LogP contribution in [0.5, 0.6) is 0 Å². The predicted molar refractivity (Wildman–Crippen MR) is 150 cm³/mol. The highest BCUT2D eigenvalue weighted by Gasteiger charge is 2.56. The number of aromatic nitrogens is 2. The van der Waals surface area contributed by atoms with E-state index in [1.165, 1.54) is 12.1 Å². The van der Waals surface area contributed by atoms with Crippen molar-refractivity contribution in [2.24, 2.45) is 23.2 Å². The highest BCUT2D eigenvalue weighted by molar-refractivity contribution is 14.1. The molecule has 0 radical (unpaired) electrons. The van der Waals surface area contributed by atoms with Crippen molar-refractivity contribution in [2.75, 3.05) is 5.32 Å². The Morgan fingerprint density at radius 1 is 1.13 bits per heavy atom. The van der Waals surface area contributed by atoms with E-state index in [-0.39, 0.29) is 12.2 Å². The quantitative estimate of drug-likeness (QED) is 0.180. The summed E-state index contributed by atoms with van der Waals surface area (Å²) in [7, 11) is 0. The Balaban J connectivity index is 1.35. The Labute approximate surface area is 237 Å². The van der Waals surface area contributed by atoms with E-state index in [1.54, 1.807) is 41.2 Å². The summed E-state index contributed by atoms with van der Waals surface area (Å²) >= 11 is 2.14. The van der Waals surface area contributed by atoms with Gasteiger partial charge in [0.15, 0.2) is 0 Å². The van der Waals surface area contributed by atoms with E-state index in [9.17, 15) is 22.4 Å². The minimum atomic E-state index is -4.48. The molecule has 3 aliphatic rings. The fourth-order valence-electron chi connectivity index (χ4n) is 6.69. The molecule has 6 rings (SSSR count). The van der Waals surface area contributed by atoms with Gasteiger partial charge in [-0.2, -0.15) is 18.3 Å². The second kappa shape index (κ2) is 9.60. The molecule has 0 bridgehead atoms. The van der Waals surface area contributed by atoms with Crippen molar-refractivity contribution in [1.82, 2.24) is 9.78 Å². The van der Waals surface area contributed by atoms with Gasteiger partial charge in [-0.05, 0) is 114 Å². The number of fused-ring (bicyclic) bond motifs is 4. The third-order valence-electron chi connectivity index (χ3n) is 8.58. The number of benzene rings is 2. The molecule has 1 aromatic heterocycles. The van der Waals surface area contributed by atoms with E-state index in [0.29, 0.717) is 24.9 Å². The van der Waals surface area contributed by atoms with E-state index < -0.39 is 35.3 Å². The third-order valence-corrected chi connectivity index (χ3v) is 9.30. The Morgan fingerprint density at radius 2 is 1.85 bits per heavy atom. The molecule has 9 heteroatoms. The van der Waals surface area contributed by atoms with E-state index in [2.05, 4.69) is 46.0 Å². The molecule has 39 heavy (non-hydrogen) atoms. The molecule has 202 valence electrons. The van der Waals surface area contributed by atoms with Gasteiger partial charge in [0.25, 0.3) is 0 Å². The number of nitrogens with zero attached hydrogens (tertiary/aromatic N) is 2. The lowest BCUT2D eigenvalue weighted by Gasteiger charge is -2.50. The second-order valence-corrected chi connectivity index (χ2v) is 12.1. The maximum Gasteiger partial charge on any atom is 0.392 e. The van der Waals surface area contributed by atoms with Gasteiger partial charge in [-0.3, -0.25) is 4.79 Å². The summed E-state index contributed by atoms with van der Waals surface area (Å²) in [5, 5.41) is 7.32. The first kappa shape index (κ1) is 26.3. The smallest absolute Gasteiger partial charge is 0.326 e. The first-order valence-corrected chi connectivity index (χ1v) is 14.0. The fourth-order valence-corrected chi connectivity index (χ4v) is 7.05. The molecule has 2 aromatic carbocycles. The van der Waals surface area contributed by atoms with Crippen LogP contribution in [0.4, 0.5) is 23.2 Å². The zero-order valence-corrected chi connectivity index (χ0v) is 23.3. The molecule has 4 nitrogen and oxygen atoms in total. The van der Waals surface area contributed by atoms with E-state index in [4.69, 9.17) is 0 Å². The Bertz CT molecular complexity index is 1490. The molecule has 0 unspecified atom stereocenters. The van der Waals surface area contributed by atoms with Gasteiger partial charge in [0, 0.05) is 14.7 Å². The number of alkyl halides is 3. The van der Waals surface area contributed by atoms with Crippen molar-refractivity contribution < 1.29 is 22.4 Å². The van der Waals surface area contributed by atoms with Gasteiger partial charge in [-0.15, -0.1) is 0 Å². The molecule has 3 aromatic rings. The van der Waals surface area contributed by atoms with E-state index in [1.807, 2.05) is 12.1 Å². The lowest BCUT2D eigenvalue weighted by Crippen LogP contribution is -2.49. The fraction of sp³-hybridized carbons (Fsp3) is 0.333. The average molecular weight is 647 g/mol. The van der Waals surface area contributed by atoms with E-state index >= 15 is 0 Å². The zero-order chi connectivity index (χ0) is 27.5. The number of hydrogen-bond donors (Lipinski definition) is 1. The summed E-state index contributed by atoms with van der Waals surface area (Å²) in [5.74, 6) is -4.35. The largest absolute Gasteiger partial charge is 0.392 e. The number of amides is 1. The summed E-state index contributed by atoms with van der Waals surface area (Å²) in [6, 6.07) is 13.2. The molecule has 4 atom stereocenters. The molecule has 1 heterocycles. The number of halogens is 5. The molecule has 1 saturated carbocycles. The maximum absolute atomic E-state index is 14.3. The number of carbonyl (C=O) groups is 1. The summed E-state index contributed by atoms with van der Waals surface area (Å²) in [4.78, 5) is 13.5. The number of carbonyl (C=O) groups excluding carboxylic acids is 1. The van der Waals surface area contributed by atoms with Crippen LogP contribution >= 0.6 is 22.6 Å². The van der Waals surface area contributed by atoms with Crippen LogP contribution in [0.25, 0.3) is 11.8 Å². The van der Waals surface area contributed by atoms with Crippen molar-refractivity contribution in [1.29, 1.82) is 0 Å². The van der Waals surface area contributed by atoms with Crippen molar-refractivity contribution >= 4 is 40.3 Å².